The van der Waals surface area contributed by atoms with Crippen LogP contribution in [0.4, 0.5) is 4.79 Å². The van der Waals surface area contributed by atoms with Crippen molar-refractivity contribution < 1.29 is 28.6 Å². The molecule has 0 aliphatic carbocycles. The molecule has 1 amide bonds. The van der Waals surface area contributed by atoms with Crippen LogP contribution in [0.3, 0.4) is 0 Å². The highest BCUT2D eigenvalue weighted by Crippen LogP contribution is 2.40. The van der Waals surface area contributed by atoms with Crippen LogP contribution in [-0.2, 0) is 23.8 Å². The molecule has 1 aliphatic heterocycles. The minimum atomic E-state index is -0.749. The molecule has 1 atom stereocenters. The summed E-state index contributed by atoms with van der Waals surface area (Å²) in [5.41, 5.74) is 1.86. The fourth-order valence-corrected chi connectivity index (χ4v) is 3.66. The first-order chi connectivity index (χ1) is 16.1. The number of dihydropyridines is 1. The summed E-state index contributed by atoms with van der Waals surface area (Å²) in [6.07, 6.45) is -0.624. The summed E-state index contributed by atoms with van der Waals surface area (Å²) in [7, 11) is 0. The largest absolute Gasteiger partial charge is 0.463 e. The molecule has 2 rings (SSSR count). The third kappa shape index (κ3) is 7.87. The van der Waals surface area contributed by atoms with E-state index in [-0.39, 0.29) is 18.7 Å². The SMILES string of the molecule is CCOC(=O)C1=C(CNC(=O)OC(C)(C)C)NC(C)=C(C(=O)OC(C)(C)C)C1c1ccc(C)cc1. The first-order valence-electron chi connectivity index (χ1n) is 11.8. The lowest BCUT2D eigenvalue weighted by atomic mass is 9.80. The van der Waals surface area contributed by atoms with Crippen molar-refractivity contribution in [3.63, 3.8) is 0 Å². The van der Waals surface area contributed by atoms with Crippen LogP contribution in [0.5, 0.6) is 0 Å². The molecule has 1 aliphatic rings. The van der Waals surface area contributed by atoms with Crippen LogP contribution in [0.2, 0.25) is 0 Å². The van der Waals surface area contributed by atoms with Crippen LogP contribution >= 0.6 is 0 Å². The number of amides is 1. The Morgan fingerprint density at radius 3 is 1.97 bits per heavy atom. The molecule has 1 unspecified atom stereocenters. The molecule has 8 nitrogen and oxygen atoms in total. The summed E-state index contributed by atoms with van der Waals surface area (Å²) in [6, 6.07) is 7.59. The lowest BCUT2D eigenvalue weighted by molar-refractivity contribution is -0.150. The summed E-state index contributed by atoms with van der Waals surface area (Å²) in [5, 5.41) is 5.83. The third-order valence-electron chi connectivity index (χ3n) is 4.98. The number of carbonyl (C=O) groups is 3. The van der Waals surface area contributed by atoms with Crippen LogP contribution in [0.1, 0.15) is 72.4 Å². The van der Waals surface area contributed by atoms with Gasteiger partial charge in [-0.05, 0) is 67.9 Å². The first-order valence-corrected chi connectivity index (χ1v) is 11.8. The number of carbonyl (C=O) groups excluding carboxylic acids is 3. The van der Waals surface area contributed by atoms with Gasteiger partial charge in [0.15, 0.2) is 0 Å². The predicted molar refractivity (Wildman–Crippen MR) is 133 cm³/mol. The van der Waals surface area contributed by atoms with E-state index in [9.17, 15) is 14.4 Å². The Kier molecular flexibility index (Phi) is 8.76. The Morgan fingerprint density at radius 1 is 0.886 bits per heavy atom. The van der Waals surface area contributed by atoms with Gasteiger partial charge >= 0.3 is 18.0 Å². The molecule has 8 heteroatoms. The van der Waals surface area contributed by atoms with Crippen LogP contribution in [0.25, 0.3) is 0 Å². The highest BCUT2D eigenvalue weighted by Gasteiger charge is 2.40. The van der Waals surface area contributed by atoms with Gasteiger partial charge in [0.2, 0.25) is 0 Å². The molecule has 0 radical (unpaired) electrons. The van der Waals surface area contributed by atoms with Gasteiger partial charge in [0, 0.05) is 11.4 Å². The van der Waals surface area contributed by atoms with Crippen molar-refractivity contribution in [3.05, 3.63) is 57.9 Å². The number of aryl methyl sites for hydroxylation is 1. The van der Waals surface area contributed by atoms with Crippen molar-refractivity contribution in [2.24, 2.45) is 0 Å². The monoisotopic (exact) mass is 486 g/mol. The molecule has 1 aromatic carbocycles. The van der Waals surface area contributed by atoms with Gasteiger partial charge in [-0.15, -0.1) is 0 Å². The van der Waals surface area contributed by atoms with Crippen LogP contribution in [0, 0.1) is 6.92 Å². The summed E-state index contributed by atoms with van der Waals surface area (Å²) in [4.78, 5) is 38.9. The van der Waals surface area contributed by atoms with Gasteiger partial charge in [-0.25, -0.2) is 14.4 Å². The Balaban J connectivity index is 2.61. The number of rotatable bonds is 6. The van der Waals surface area contributed by atoms with Gasteiger partial charge < -0.3 is 24.8 Å². The second-order valence-corrected chi connectivity index (χ2v) is 10.5. The minimum absolute atomic E-state index is 0.0235. The summed E-state index contributed by atoms with van der Waals surface area (Å²) in [6.45, 7) is 16.2. The zero-order valence-electron chi connectivity index (χ0n) is 22.3. The molecule has 0 spiro atoms. The lowest BCUT2D eigenvalue weighted by Gasteiger charge is -2.33. The fourth-order valence-electron chi connectivity index (χ4n) is 3.66. The zero-order valence-corrected chi connectivity index (χ0v) is 22.3. The Bertz CT molecular complexity index is 1020. The molecule has 0 aromatic heterocycles. The van der Waals surface area contributed by atoms with Crippen molar-refractivity contribution in [3.8, 4) is 0 Å². The van der Waals surface area contributed by atoms with Crippen molar-refractivity contribution in [2.45, 2.75) is 79.4 Å². The molecular weight excluding hydrogens is 448 g/mol. The van der Waals surface area contributed by atoms with Crippen LogP contribution in [-0.4, -0.2) is 42.4 Å². The third-order valence-corrected chi connectivity index (χ3v) is 4.98. The summed E-state index contributed by atoms with van der Waals surface area (Å²) >= 11 is 0. The smallest absolute Gasteiger partial charge is 0.407 e. The molecule has 35 heavy (non-hydrogen) atoms. The second kappa shape index (κ2) is 11.0. The van der Waals surface area contributed by atoms with E-state index in [1.807, 2.05) is 31.2 Å². The zero-order chi connectivity index (χ0) is 26.6. The Labute approximate surface area is 208 Å². The van der Waals surface area contributed by atoms with E-state index in [1.165, 1.54) is 0 Å². The molecule has 0 bridgehead atoms. The number of hydrogen-bond acceptors (Lipinski definition) is 7. The molecule has 1 heterocycles. The quantitative estimate of drug-likeness (QED) is 0.446. The maximum absolute atomic E-state index is 13.3. The minimum Gasteiger partial charge on any atom is -0.463 e. The maximum atomic E-state index is 13.3. The number of benzene rings is 1. The normalized spacial score (nSPS) is 16.4. The van der Waals surface area contributed by atoms with Gasteiger partial charge in [-0.3, -0.25) is 0 Å². The average molecular weight is 487 g/mol. The van der Waals surface area contributed by atoms with E-state index in [4.69, 9.17) is 14.2 Å². The number of hydrogen-bond donors (Lipinski definition) is 2. The van der Waals surface area contributed by atoms with Crippen molar-refractivity contribution >= 4 is 18.0 Å². The summed E-state index contributed by atoms with van der Waals surface area (Å²) < 4.78 is 16.4. The molecule has 1 aromatic rings. The Hall–Kier alpha value is -3.29. The lowest BCUT2D eigenvalue weighted by Crippen LogP contribution is -2.40. The van der Waals surface area contributed by atoms with Crippen molar-refractivity contribution in [1.82, 2.24) is 10.6 Å². The van der Waals surface area contributed by atoms with E-state index in [0.29, 0.717) is 17.0 Å². The molecule has 0 saturated heterocycles. The van der Waals surface area contributed by atoms with E-state index in [0.717, 1.165) is 11.1 Å². The molecule has 192 valence electrons. The van der Waals surface area contributed by atoms with Gasteiger partial charge in [-0.2, -0.15) is 0 Å². The van der Waals surface area contributed by atoms with Crippen LogP contribution < -0.4 is 10.6 Å². The number of esters is 2. The molecule has 0 saturated carbocycles. The van der Waals surface area contributed by atoms with Crippen molar-refractivity contribution in [1.29, 1.82) is 0 Å². The van der Waals surface area contributed by atoms with Gasteiger partial charge in [0.25, 0.3) is 0 Å². The van der Waals surface area contributed by atoms with Crippen molar-refractivity contribution in [2.75, 3.05) is 13.2 Å². The van der Waals surface area contributed by atoms with Gasteiger partial charge in [-0.1, -0.05) is 29.8 Å². The topological polar surface area (TPSA) is 103 Å². The standard InChI is InChI=1S/C27H38N2O6/c1-10-33-23(30)22-19(15-28-25(32)35-27(7,8)9)29-17(3)20(24(31)34-26(4,5)6)21(22)18-13-11-16(2)12-14-18/h11-14,21,29H,10,15H2,1-9H3,(H,28,32). The van der Waals surface area contributed by atoms with Crippen LogP contribution in [0.15, 0.2) is 46.8 Å². The van der Waals surface area contributed by atoms with E-state index in [1.54, 1.807) is 55.4 Å². The number of alkyl carbamates (subject to hydrolysis) is 1. The number of ether oxygens (including phenoxy) is 3. The summed E-state index contributed by atoms with van der Waals surface area (Å²) in [5.74, 6) is -1.87. The first kappa shape index (κ1) is 28.0. The second-order valence-electron chi connectivity index (χ2n) is 10.5. The maximum Gasteiger partial charge on any atom is 0.407 e. The molecule has 2 N–H and O–H groups in total. The fraction of sp³-hybridized carbons (Fsp3) is 0.519. The average Bonchev–Trinajstić information content (AvgIpc) is 2.69. The predicted octanol–water partition coefficient (Wildman–Crippen LogP) is 4.64. The number of nitrogens with one attached hydrogen (secondary N) is 2. The highest BCUT2D eigenvalue weighted by atomic mass is 16.6. The van der Waals surface area contributed by atoms with E-state index in [2.05, 4.69) is 10.6 Å². The van der Waals surface area contributed by atoms with E-state index >= 15 is 0 Å². The Morgan fingerprint density at radius 2 is 1.46 bits per heavy atom. The molecular formula is C27H38N2O6. The van der Waals surface area contributed by atoms with Gasteiger partial charge in [0.1, 0.15) is 11.2 Å². The van der Waals surface area contributed by atoms with E-state index < -0.39 is 35.2 Å². The van der Waals surface area contributed by atoms with Gasteiger partial charge in [0.05, 0.1) is 30.2 Å². The highest BCUT2D eigenvalue weighted by molar-refractivity contribution is 6.00. The number of allylic oxidation sites excluding steroid dienone is 1. The molecule has 0 fully saturated rings.